The first-order valence-electron chi connectivity index (χ1n) is 7.14. The van der Waals surface area contributed by atoms with Crippen LogP contribution >= 0.6 is 11.6 Å². The molecule has 0 aliphatic heterocycles. The standard InChI is InChI=1S/C17H14ClN3O2/c18-14-9-5-4-8-13(14)17-21-20-16(23-17)11-10-15(22)19-12-6-2-1-3-7-12/h1-9H,10-11H2,(H,19,22). The molecule has 23 heavy (non-hydrogen) atoms. The van der Waals surface area contributed by atoms with Crippen LogP contribution in [0.5, 0.6) is 0 Å². The number of carbonyl (C=O) groups excluding carboxylic acids is 1. The number of hydrogen-bond donors (Lipinski definition) is 1. The molecule has 0 saturated carbocycles. The molecule has 0 saturated heterocycles. The zero-order chi connectivity index (χ0) is 16.1. The lowest BCUT2D eigenvalue weighted by Gasteiger charge is -2.03. The Hall–Kier alpha value is -2.66. The molecule has 1 N–H and O–H groups in total. The highest BCUT2D eigenvalue weighted by Gasteiger charge is 2.12. The predicted molar refractivity (Wildman–Crippen MR) is 88.1 cm³/mol. The summed E-state index contributed by atoms with van der Waals surface area (Å²) in [4.78, 5) is 11.9. The molecule has 5 nitrogen and oxygen atoms in total. The molecule has 0 aliphatic carbocycles. The normalized spacial score (nSPS) is 10.5. The molecule has 0 radical (unpaired) electrons. The van der Waals surface area contributed by atoms with Crippen molar-refractivity contribution in [3.8, 4) is 11.5 Å². The molecule has 0 unspecified atom stereocenters. The van der Waals surface area contributed by atoms with Crippen LogP contribution in [-0.2, 0) is 11.2 Å². The van der Waals surface area contributed by atoms with Gasteiger partial charge in [-0.2, -0.15) is 0 Å². The van der Waals surface area contributed by atoms with E-state index < -0.39 is 0 Å². The predicted octanol–water partition coefficient (Wildman–Crippen LogP) is 3.96. The maximum atomic E-state index is 11.9. The number of rotatable bonds is 5. The van der Waals surface area contributed by atoms with Crippen molar-refractivity contribution in [3.63, 3.8) is 0 Å². The summed E-state index contributed by atoms with van der Waals surface area (Å²) in [6.45, 7) is 0. The second-order valence-electron chi connectivity index (χ2n) is 4.90. The third-order valence-corrected chi connectivity index (χ3v) is 3.52. The average Bonchev–Trinajstić information content (AvgIpc) is 3.03. The number of aryl methyl sites for hydroxylation is 1. The summed E-state index contributed by atoms with van der Waals surface area (Å²) < 4.78 is 5.56. The summed E-state index contributed by atoms with van der Waals surface area (Å²) in [7, 11) is 0. The topological polar surface area (TPSA) is 68.0 Å². The fourth-order valence-corrected chi connectivity index (χ4v) is 2.28. The van der Waals surface area contributed by atoms with Gasteiger partial charge in [-0.3, -0.25) is 4.79 Å². The van der Waals surface area contributed by atoms with Gasteiger partial charge in [-0.25, -0.2) is 0 Å². The minimum Gasteiger partial charge on any atom is -0.421 e. The third-order valence-electron chi connectivity index (χ3n) is 3.19. The lowest BCUT2D eigenvalue weighted by Crippen LogP contribution is -2.12. The quantitative estimate of drug-likeness (QED) is 0.770. The Kier molecular flexibility index (Phi) is 4.68. The fourth-order valence-electron chi connectivity index (χ4n) is 2.06. The molecule has 2 aromatic carbocycles. The number of anilines is 1. The van der Waals surface area contributed by atoms with E-state index >= 15 is 0 Å². The minimum absolute atomic E-state index is 0.103. The van der Waals surface area contributed by atoms with E-state index in [9.17, 15) is 4.79 Å². The maximum Gasteiger partial charge on any atom is 0.249 e. The lowest BCUT2D eigenvalue weighted by molar-refractivity contribution is -0.116. The van der Waals surface area contributed by atoms with Gasteiger partial charge in [0.15, 0.2) is 0 Å². The molecule has 0 atom stereocenters. The minimum atomic E-state index is -0.103. The monoisotopic (exact) mass is 327 g/mol. The van der Waals surface area contributed by atoms with E-state index in [-0.39, 0.29) is 12.3 Å². The van der Waals surface area contributed by atoms with E-state index in [1.807, 2.05) is 48.5 Å². The Morgan fingerprint density at radius 3 is 2.57 bits per heavy atom. The van der Waals surface area contributed by atoms with Gasteiger partial charge in [-0.05, 0) is 24.3 Å². The number of amides is 1. The van der Waals surface area contributed by atoms with Crippen molar-refractivity contribution in [2.45, 2.75) is 12.8 Å². The Balaban J connectivity index is 1.59. The smallest absolute Gasteiger partial charge is 0.249 e. The molecule has 0 fully saturated rings. The van der Waals surface area contributed by atoms with Crippen LogP contribution in [0.4, 0.5) is 5.69 Å². The van der Waals surface area contributed by atoms with Crippen LogP contribution in [0.1, 0.15) is 12.3 Å². The molecule has 0 spiro atoms. The number of carbonyl (C=O) groups is 1. The van der Waals surface area contributed by atoms with Crippen molar-refractivity contribution in [2.75, 3.05) is 5.32 Å². The summed E-state index contributed by atoms with van der Waals surface area (Å²) in [6.07, 6.45) is 0.634. The molecule has 1 amide bonds. The molecular weight excluding hydrogens is 314 g/mol. The van der Waals surface area contributed by atoms with Crippen LogP contribution < -0.4 is 5.32 Å². The first kappa shape index (κ1) is 15.2. The van der Waals surface area contributed by atoms with Crippen LogP contribution in [0.3, 0.4) is 0 Å². The summed E-state index contributed by atoms with van der Waals surface area (Å²) in [5, 5.41) is 11.3. The molecule has 1 heterocycles. The summed E-state index contributed by atoms with van der Waals surface area (Å²) >= 11 is 6.09. The van der Waals surface area contributed by atoms with E-state index in [0.717, 1.165) is 5.69 Å². The molecule has 6 heteroatoms. The van der Waals surface area contributed by atoms with Gasteiger partial charge in [0.05, 0.1) is 10.6 Å². The van der Waals surface area contributed by atoms with E-state index in [2.05, 4.69) is 15.5 Å². The fraction of sp³-hybridized carbons (Fsp3) is 0.118. The molecule has 3 aromatic rings. The maximum absolute atomic E-state index is 11.9. The molecule has 116 valence electrons. The second kappa shape index (κ2) is 7.07. The number of halogens is 1. The summed E-state index contributed by atoms with van der Waals surface area (Å²) in [5.74, 6) is 0.658. The SMILES string of the molecule is O=C(CCc1nnc(-c2ccccc2Cl)o1)Nc1ccccc1. The van der Waals surface area contributed by atoms with Gasteiger partial charge in [-0.15, -0.1) is 10.2 Å². The van der Waals surface area contributed by atoms with Crippen molar-refractivity contribution in [1.29, 1.82) is 0 Å². The van der Waals surface area contributed by atoms with Crippen LogP contribution in [-0.4, -0.2) is 16.1 Å². The number of aromatic nitrogens is 2. The van der Waals surface area contributed by atoms with Gasteiger partial charge in [0.25, 0.3) is 0 Å². The van der Waals surface area contributed by atoms with Gasteiger partial charge < -0.3 is 9.73 Å². The largest absolute Gasteiger partial charge is 0.421 e. The van der Waals surface area contributed by atoms with Crippen molar-refractivity contribution >= 4 is 23.2 Å². The van der Waals surface area contributed by atoms with Crippen molar-refractivity contribution in [2.24, 2.45) is 0 Å². The molecule has 0 aliphatic rings. The second-order valence-corrected chi connectivity index (χ2v) is 5.30. The zero-order valence-corrected chi connectivity index (χ0v) is 13.0. The summed E-state index contributed by atoms with van der Waals surface area (Å²) in [5.41, 5.74) is 1.45. The van der Waals surface area contributed by atoms with E-state index in [4.69, 9.17) is 16.0 Å². The van der Waals surface area contributed by atoms with Crippen molar-refractivity contribution < 1.29 is 9.21 Å². The van der Waals surface area contributed by atoms with E-state index in [1.165, 1.54) is 0 Å². The Morgan fingerprint density at radius 1 is 1.04 bits per heavy atom. The molecule has 0 bridgehead atoms. The van der Waals surface area contributed by atoms with Crippen LogP contribution in [0.2, 0.25) is 5.02 Å². The molecule has 1 aromatic heterocycles. The van der Waals surface area contributed by atoms with Crippen LogP contribution in [0, 0.1) is 0 Å². The highest BCUT2D eigenvalue weighted by atomic mass is 35.5. The molecular formula is C17H14ClN3O2. The van der Waals surface area contributed by atoms with Crippen molar-refractivity contribution in [3.05, 3.63) is 65.5 Å². The number of para-hydroxylation sites is 1. The molecule has 3 rings (SSSR count). The van der Waals surface area contributed by atoms with E-state index in [0.29, 0.717) is 28.8 Å². The Morgan fingerprint density at radius 2 is 1.78 bits per heavy atom. The lowest BCUT2D eigenvalue weighted by atomic mass is 10.2. The number of hydrogen-bond acceptors (Lipinski definition) is 4. The van der Waals surface area contributed by atoms with Gasteiger partial charge in [-0.1, -0.05) is 41.9 Å². The number of benzene rings is 2. The first-order valence-corrected chi connectivity index (χ1v) is 7.52. The van der Waals surface area contributed by atoms with E-state index in [1.54, 1.807) is 6.07 Å². The number of nitrogens with zero attached hydrogens (tertiary/aromatic N) is 2. The summed E-state index contributed by atoms with van der Waals surface area (Å²) in [6, 6.07) is 16.5. The highest BCUT2D eigenvalue weighted by Crippen LogP contribution is 2.26. The van der Waals surface area contributed by atoms with Gasteiger partial charge >= 0.3 is 0 Å². The first-order chi connectivity index (χ1) is 11.2. The van der Waals surface area contributed by atoms with Gasteiger partial charge in [0.2, 0.25) is 17.7 Å². The van der Waals surface area contributed by atoms with Crippen molar-refractivity contribution in [1.82, 2.24) is 10.2 Å². The Labute approximate surface area is 138 Å². The number of nitrogens with one attached hydrogen (secondary N) is 1. The third kappa shape index (κ3) is 3.96. The average molecular weight is 328 g/mol. The highest BCUT2D eigenvalue weighted by molar-refractivity contribution is 6.33. The Bertz CT molecular complexity index is 802. The van der Waals surface area contributed by atoms with Gasteiger partial charge in [0.1, 0.15) is 0 Å². The van der Waals surface area contributed by atoms with Gasteiger partial charge in [0, 0.05) is 18.5 Å². The van der Waals surface area contributed by atoms with Crippen LogP contribution in [0.15, 0.2) is 59.0 Å². The van der Waals surface area contributed by atoms with Crippen LogP contribution in [0.25, 0.3) is 11.5 Å². The zero-order valence-electron chi connectivity index (χ0n) is 12.2.